The first-order valence-electron chi connectivity index (χ1n) is 3.82. The third kappa shape index (κ3) is 2.94. The molecule has 0 spiro atoms. The molecule has 15 heavy (non-hydrogen) atoms. The summed E-state index contributed by atoms with van der Waals surface area (Å²) < 4.78 is 4.02. The first-order valence-corrected chi connectivity index (χ1v) is 3.82. The molecule has 0 aliphatic heterocycles. The molecule has 0 aliphatic carbocycles. The van der Waals surface area contributed by atoms with Crippen LogP contribution in [0.2, 0.25) is 0 Å². The molecular formula is C9H7BO4Ti. The average molecular weight is 238 g/mol. The van der Waals surface area contributed by atoms with Crippen molar-refractivity contribution in [1.29, 1.82) is 0 Å². The smallest absolute Gasteiger partial charge is 0.378 e. The van der Waals surface area contributed by atoms with Crippen molar-refractivity contribution in [3.63, 3.8) is 0 Å². The summed E-state index contributed by atoms with van der Waals surface area (Å²) in [4.78, 5) is 21.8. The SMILES string of the molecule is [B]OC(=O)c1cccc(C(=O)O)c1C.[Ti]. The van der Waals surface area contributed by atoms with Gasteiger partial charge in [0.1, 0.15) is 0 Å². The molecule has 1 aromatic carbocycles. The average Bonchev–Trinajstić information content (AvgIpc) is 2.16. The zero-order chi connectivity index (χ0) is 10.7. The zero-order valence-electron chi connectivity index (χ0n) is 7.98. The summed E-state index contributed by atoms with van der Waals surface area (Å²) >= 11 is 0. The molecule has 6 heteroatoms. The number of carboxylic acids is 1. The molecule has 0 unspecified atom stereocenters. The van der Waals surface area contributed by atoms with Gasteiger partial charge in [-0.05, 0) is 24.6 Å². The zero-order valence-corrected chi connectivity index (χ0v) is 9.54. The van der Waals surface area contributed by atoms with Crippen LogP contribution in [0, 0.1) is 6.92 Å². The topological polar surface area (TPSA) is 63.6 Å². The van der Waals surface area contributed by atoms with Crippen LogP contribution < -0.4 is 0 Å². The molecule has 0 heterocycles. The van der Waals surface area contributed by atoms with Gasteiger partial charge >= 0.3 is 20.0 Å². The molecule has 0 saturated carbocycles. The van der Waals surface area contributed by atoms with Gasteiger partial charge in [0.05, 0.1) is 11.1 Å². The predicted molar refractivity (Wildman–Crippen MR) is 49.3 cm³/mol. The number of carboxylic acid groups (broad SMARTS) is 1. The van der Waals surface area contributed by atoms with Gasteiger partial charge in [-0.3, -0.25) is 0 Å². The molecule has 74 valence electrons. The van der Waals surface area contributed by atoms with Gasteiger partial charge in [-0.1, -0.05) is 6.07 Å². The van der Waals surface area contributed by atoms with E-state index < -0.39 is 11.9 Å². The van der Waals surface area contributed by atoms with Crippen LogP contribution >= 0.6 is 0 Å². The first kappa shape index (κ1) is 13.9. The third-order valence-corrected chi connectivity index (χ3v) is 1.89. The quantitative estimate of drug-likeness (QED) is 0.778. The van der Waals surface area contributed by atoms with Gasteiger partial charge in [-0.25, -0.2) is 9.59 Å². The first-order chi connectivity index (χ1) is 6.57. The largest absolute Gasteiger partial charge is 0.540 e. The maximum atomic E-state index is 11.1. The van der Waals surface area contributed by atoms with Gasteiger partial charge in [0.2, 0.25) is 0 Å². The van der Waals surface area contributed by atoms with E-state index in [9.17, 15) is 9.59 Å². The fourth-order valence-corrected chi connectivity index (χ4v) is 1.15. The fourth-order valence-electron chi connectivity index (χ4n) is 1.15. The van der Waals surface area contributed by atoms with Crippen molar-refractivity contribution in [3.05, 3.63) is 34.9 Å². The van der Waals surface area contributed by atoms with E-state index in [1.165, 1.54) is 25.1 Å². The van der Waals surface area contributed by atoms with Crippen LogP contribution in [0.15, 0.2) is 18.2 Å². The standard InChI is InChI=1S/C9H7BO4.Ti/c1-5-6(8(11)12)3-2-4-7(5)9(13)14-10;/h2-4H,1H3,(H,11,12);. The summed E-state index contributed by atoms with van der Waals surface area (Å²) in [6, 6.07) is 4.32. The maximum absolute atomic E-state index is 11.1. The van der Waals surface area contributed by atoms with Crippen molar-refractivity contribution in [2.45, 2.75) is 6.92 Å². The number of rotatable bonds is 2. The number of aromatic carboxylic acids is 1. The maximum Gasteiger partial charge on any atom is 0.378 e. The Bertz CT molecular complexity index is 392. The number of carbonyl (C=O) groups excluding carboxylic acids is 1. The second-order valence-corrected chi connectivity index (χ2v) is 2.69. The van der Waals surface area contributed by atoms with Crippen LogP contribution in [-0.2, 0) is 26.4 Å². The molecule has 0 saturated heterocycles. The van der Waals surface area contributed by atoms with Gasteiger partial charge in [-0.2, -0.15) is 0 Å². The Labute approximate surface area is 103 Å². The van der Waals surface area contributed by atoms with Crippen molar-refractivity contribution >= 4 is 20.0 Å². The van der Waals surface area contributed by atoms with Crippen molar-refractivity contribution in [2.75, 3.05) is 0 Å². The molecule has 4 nitrogen and oxygen atoms in total. The third-order valence-electron chi connectivity index (χ3n) is 1.89. The summed E-state index contributed by atoms with van der Waals surface area (Å²) in [5.41, 5.74) is 0.566. The number of hydrogen-bond donors (Lipinski definition) is 1. The van der Waals surface area contributed by atoms with E-state index in [1.54, 1.807) is 0 Å². The van der Waals surface area contributed by atoms with Crippen LogP contribution in [0.4, 0.5) is 0 Å². The molecule has 1 N–H and O–H groups in total. The Kier molecular flexibility index (Phi) is 5.33. The van der Waals surface area contributed by atoms with E-state index in [2.05, 4.69) is 4.65 Å². The van der Waals surface area contributed by atoms with Crippen LogP contribution in [0.25, 0.3) is 0 Å². The Morgan fingerprint density at radius 1 is 1.33 bits per heavy atom. The van der Waals surface area contributed by atoms with Gasteiger partial charge in [0.25, 0.3) is 0 Å². The summed E-state index contributed by atoms with van der Waals surface area (Å²) in [6.07, 6.45) is 0. The number of carbonyl (C=O) groups is 2. The van der Waals surface area contributed by atoms with E-state index in [0.717, 1.165) is 0 Å². The van der Waals surface area contributed by atoms with E-state index >= 15 is 0 Å². The molecule has 0 aromatic heterocycles. The Hall–Kier alpha value is -1.06. The Morgan fingerprint density at radius 2 is 1.87 bits per heavy atom. The van der Waals surface area contributed by atoms with Crippen LogP contribution in [0.3, 0.4) is 0 Å². The fraction of sp³-hybridized carbons (Fsp3) is 0.111. The predicted octanol–water partition coefficient (Wildman–Crippen LogP) is 0.931. The Balaban J connectivity index is 0.00000196. The molecular weight excluding hydrogens is 231 g/mol. The summed E-state index contributed by atoms with van der Waals surface area (Å²) in [6.45, 7) is 1.52. The van der Waals surface area contributed by atoms with Crippen molar-refractivity contribution in [2.24, 2.45) is 0 Å². The normalized spacial score (nSPS) is 8.87. The monoisotopic (exact) mass is 238 g/mol. The molecule has 0 aliphatic rings. The molecule has 2 radical (unpaired) electrons. The molecule has 0 bridgehead atoms. The second-order valence-electron chi connectivity index (χ2n) is 2.69. The molecule has 0 fully saturated rings. The van der Waals surface area contributed by atoms with E-state index in [-0.39, 0.29) is 32.8 Å². The Morgan fingerprint density at radius 3 is 2.33 bits per heavy atom. The summed E-state index contributed by atoms with van der Waals surface area (Å²) in [7, 11) is 4.70. The minimum atomic E-state index is -1.09. The van der Waals surface area contributed by atoms with Crippen molar-refractivity contribution < 1.29 is 41.1 Å². The van der Waals surface area contributed by atoms with Crippen LogP contribution in [0.1, 0.15) is 26.3 Å². The van der Waals surface area contributed by atoms with Gasteiger partial charge < -0.3 is 9.76 Å². The summed E-state index contributed by atoms with van der Waals surface area (Å²) in [5.74, 6) is -1.83. The van der Waals surface area contributed by atoms with Gasteiger partial charge in [0.15, 0.2) is 0 Å². The molecule has 1 rings (SSSR count). The summed E-state index contributed by atoms with van der Waals surface area (Å²) in [5, 5.41) is 8.76. The molecule has 1 aromatic rings. The van der Waals surface area contributed by atoms with Crippen molar-refractivity contribution in [3.8, 4) is 0 Å². The van der Waals surface area contributed by atoms with Crippen LogP contribution in [0.5, 0.6) is 0 Å². The minimum absolute atomic E-state index is 0. The number of hydrogen-bond acceptors (Lipinski definition) is 3. The van der Waals surface area contributed by atoms with Gasteiger partial charge in [0, 0.05) is 21.7 Å². The molecule has 0 atom stereocenters. The van der Waals surface area contributed by atoms with Crippen LogP contribution in [-0.4, -0.2) is 25.1 Å². The van der Waals surface area contributed by atoms with E-state index in [4.69, 9.17) is 13.2 Å². The number of benzene rings is 1. The minimum Gasteiger partial charge on any atom is -0.540 e. The molecule has 0 amide bonds. The van der Waals surface area contributed by atoms with Crippen molar-refractivity contribution in [1.82, 2.24) is 0 Å². The van der Waals surface area contributed by atoms with Gasteiger partial charge in [-0.15, -0.1) is 0 Å². The second kappa shape index (κ2) is 5.73. The van der Waals surface area contributed by atoms with E-state index in [0.29, 0.717) is 5.56 Å². The van der Waals surface area contributed by atoms with E-state index in [1.807, 2.05) is 0 Å².